The van der Waals surface area contributed by atoms with Crippen LogP contribution in [0.5, 0.6) is 11.5 Å². The molecule has 1 atom stereocenters. The predicted octanol–water partition coefficient (Wildman–Crippen LogP) is 4.77. The lowest BCUT2D eigenvalue weighted by molar-refractivity contribution is -0.115. The van der Waals surface area contributed by atoms with Crippen LogP contribution in [0.3, 0.4) is 0 Å². The molecule has 0 heterocycles. The molecule has 3 N–H and O–H groups in total. The summed E-state index contributed by atoms with van der Waals surface area (Å²) >= 11 is 1.33. The van der Waals surface area contributed by atoms with Crippen molar-refractivity contribution in [3.05, 3.63) is 77.9 Å². The molecule has 8 nitrogen and oxygen atoms in total. The van der Waals surface area contributed by atoms with Crippen LogP contribution < -0.4 is 20.1 Å². The maximum atomic E-state index is 12.7. The van der Waals surface area contributed by atoms with Gasteiger partial charge in [0.2, 0.25) is 5.91 Å². The number of hydrogen-bond acceptors (Lipinski definition) is 6. The van der Waals surface area contributed by atoms with E-state index in [2.05, 4.69) is 10.6 Å². The van der Waals surface area contributed by atoms with Gasteiger partial charge in [0.15, 0.2) is 11.5 Å². The summed E-state index contributed by atoms with van der Waals surface area (Å²) in [4.78, 5) is 37.0. The number of carbonyl (C=O) groups is 3. The van der Waals surface area contributed by atoms with Gasteiger partial charge in [-0.05, 0) is 67.6 Å². The van der Waals surface area contributed by atoms with Gasteiger partial charge in [0.25, 0.3) is 5.91 Å². The molecule has 3 aromatic carbocycles. The Labute approximate surface area is 201 Å². The van der Waals surface area contributed by atoms with Crippen LogP contribution in [0.4, 0.5) is 11.4 Å². The first-order valence-corrected chi connectivity index (χ1v) is 11.1. The van der Waals surface area contributed by atoms with Gasteiger partial charge < -0.3 is 25.2 Å². The number of methoxy groups -OCH3 is 2. The molecular weight excluding hydrogens is 456 g/mol. The Morgan fingerprint density at radius 2 is 1.50 bits per heavy atom. The largest absolute Gasteiger partial charge is 0.493 e. The van der Waals surface area contributed by atoms with Crippen molar-refractivity contribution >= 4 is 40.9 Å². The Bertz CT molecular complexity index is 1200. The van der Waals surface area contributed by atoms with Gasteiger partial charge >= 0.3 is 5.97 Å². The van der Waals surface area contributed by atoms with E-state index in [1.165, 1.54) is 38.1 Å². The number of rotatable bonds is 9. The van der Waals surface area contributed by atoms with Gasteiger partial charge in [-0.2, -0.15) is 0 Å². The molecule has 0 aliphatic rings. The minimum absolute atomic E-state index is 0.146. The monoisotopic (exact) mass is 480 g/mol. The summed E-state index contributed by atoms with van der Waals surface area (Å²) in [6.07, 6.45) is 0. The molecular formula is C25H24N2O6S. The quantitative estimate of drug-likeness (QED) is 0.378. The van der Waals surface area contributed by atoms with Crippen LogP contribution in [0.1, 0.15) is 27.6 Å². The van der Waals surface area contributed by atoms with Crippen molar-refractivity contribution in [1.29, 1.82) is 0 Å². The fourth-order valence-electron chi connectivity index (χ4n) is 3.03. The van der Waals surface area contributed by atoms with E-state index in [1.54, 1.807) is 55.5 Å². The fourth-order valence-corrected chi connectivity index (χ4v) is 3.95. The minimum atomic E-state index is -1.03. The van der Waals surface area contributed by atoms with Gasteiger partial charge in [-0.1, -0.05) is 6.07 Å². The van der Waals surface area contributed by atoms with Crippen LogP contribution in [0, 0.1) is 0 Å². The number of aromatic carboxylic acids is 1. The van der Waals surface area contributed by atoms with E-state index in [0.717, 1.165) is 4.90 Å². The molecule has 0 fully saturated rings. The number of hydrogen-bond donors (Lipinski definition) is 3. The molecule has 34 heavy (non-hydrogen) atoms. The Balaban J connectivity index is 1.62. The van der Waals surface area contributed by atoms with E-state index in [4.69, 9.17) is 14.6 Å². The van der Waals surface area contributed by atoms with Gasteiger partial charge in [0.05, 0.1) is 25.0 Å². The number of carboxylic acids is 1. The SMILES string of the molecule is COc1ccc(C(=O)Nc2cccc(SC(C)C(=O)Nc3ccc(C(=O)O)cc3)c2)cc1OC. The first-order valence-electron chi connectivity index (χ1n) is 10.2. The molecule has 3 rings (SSSR count). The highest BCUT2D eigenvalue weighted by atomic mass is 32.2. The van der Waals surface area contributed by atoms with Crippen molar-refractivity contribution in [1.82, 2.24) is 0 Å². The first kappa shape index (κ1) is 24.7. The molecule has 176 valence electrons. The number of carboxylic acid groups (broad SMARTS) is 1. The highest BCUT2D eigenvalue weighted by Gasteiger charge is 2.16. The zero-order valence-corrected chi connectivity index (χ0v) is 19.6. The van der Waals surface area contributed by atoms with E-state index in [9.17, 15) is 14.4 Å². The second kappa shape index (κ2) is 11.2. The summed E-state index contributed by atoms with van der Waals surface area (Å²) in [5, 5.41) is 14.2. The molecule has 0 saturated carbocycles. The zero-order chi connectivity index (χ0) is 24.7. The summed E-state index contributed by atoms with van der Waals surface area (Å²) < 4.78 is 10.4. The summed E-state index contributed by atoms with van der Waals surface area (Å²) in [7, 11) is 3.03. The van der Waals surface area contributed by atoms with Crippen LogP contribution in [0.25, 0.3) is 0 Å². The van der Waals surface area contributed by atoms with Crippen molar-refractivity contribution in [3.8, 4) is 11.5 Å². The van der Waals surface area contributed by atoms with E-state index < -0.39 is 11.2 Å². The highest BCUT2D eigenvalue weighted by molar-refractivity contribution is 8.00. The molecule has 1 unspecified atom stereocenters. The van der Waals surface area contributed by atoms with Crippen molar-refractivity contribution in [2.24, 2.45) is 0 Å². The molecule has 0 spiro atoms. The predicted molar refractivity (Wildman–Crippen MR) is 131 cm³/mol. The molecule has 0 aromatic heterocycles. The van der Waals surface area contributed by atoms with Gasteiger partial charge in [0.1, 0.15) is 0 Å². The third kappa shape index (κ3) is 6.29. The number of ether oxygens (including phenoxy) is 2. The van der Waals surface area contributed by atoms with Gasteiger partial charge in [-0.15, -0.1) is 11.8 Å². The molecule has 2 amide bonds. The third-order valence-electron chi connectivity index (χ3n) is 4.82. The molecule has 0 radical (unpaired) electrons. The van der Waals surface area contributed by atoms with E-state index >= 15 is 0 Å². The maximum Gasteiger partial charge on any atom is 0.335 e. The van der Waals surface area contributed by atoms with Crippen molar-refractivity contribution < 1.29 is 29.0 Å². The van der Waals surface area contributed by atoms with Crippen molar-refractivity contribution in [2.75, 3.05) is 24.9 Å². The second-order valence-electron chi connectivity index (χ2n) is 7.18. The van der Waals surface area contributed by atoms with Crippen molar-refractivity contribution in [3.63, 3.8) is 0 Å². The second-order valence-corrected chi connectivity index (χ2v) is 8.60. The lowest BCUT2D eigenvalue weighted by Gasteiger charge is -2.13. The Morgan fingerprint density at radius 1 is 0.824 bits per heavy atom. The van der Waals surface area contributed by atoms with Crippen molar-refractivity contribution in [2.45, 2.75) is 17.1 Å². The van der Waals surface area contributed by atoms with E-state index in [0.29, 0.717) is 28.4 Å². The third-order valence-corrected chi connectivity index (χ3v) is 5.91. The van der Waals surface area contributed by atoms with Crippen LogP contribution in [-0.4, -0.2) is 42.4 Å². The summed E-state index contributed by atoms with van der Waals surface area (Å²) in [5.41, 5.74) is 1.66. The number of anilines is 2. The number of benzene rings is 3. The topological polar surface area (TPSA) is 114 Å². The van der Waals surface area contributed by atoms with Crippen LogP contribution in [0.2, 0.25) is 0 Å². The average Bonchev–Trinajstić information content (AvgIpc) is 2.84. The van der Waals surface area contributed by atoms with Crippen LogP contribution in [0.15, 0.2) is 71.6 Å². The van der Waals surface area contributed by atoms with Crippen LogP contribution in [-0.2, 0) is 4.79 Å². The van der Waals surface area contributed by atoms with Gasteiger partial charge in [-0.3, -0.25) is 9.59 Å². The lowest BCUT2D eigenvalue weighted by atomic mass is 10.2. The number of carbonyl (C=O) groups excluding carboxylic acids is 2. The highest BCUT2D eigenvalue weighted by Crippen LogP contribution is 2.29. The first-order chi connectivity index (χ1) is 16.3. The fraction of sp³-hybridized carbons (Fsp3) is 0.160. The Morgan fingerprint density at radius 3 is 2.15 bits per heavy atom. The average molecular weight is 481 g/mol. The standard InChI is InChI=1S/C25H24N2O6S/c1-15(23(28)26-18-10-7-16(8-11-18)25(30)31)34-20-6-4-5-19(14-20)27-24(29)17-9-12-21(32-2)22(13-17)33-3/h4-15H,1-3H3,(H,26,28)(H,27,29)(H,30,31). The van der Waals surface area contributed by atoms with Gasteiger partial charge in [-0.25, -0.2) is 4.79 Å². The van der Waals surface area contributed by atoms with E-state index in [1.807, 2.05) is 6.07 Å². The summed E-state index contributed by atoms with van der Waals surface area (Å²) in [5.74, 6) is -0.578. The van der Waals surface area contributed by atoms with E-state index in [-0.39, 0.29) is 17.4 Å². The molecule has 0 aliphatic carbocycles. The van der Waals surface area contributed by atoms with Crippen LogP contribution >= 0.6 is 11.8 Å². The number of nitrogens with one attached hydrogen (secondary N) is 2. The molecule has 0 saturated heterocycles. The Kier molecular flexibility index (Phi) is 8.15. The molecule has 3 aromatic rings. The molecule has 0 aliphatic heterocycles. The number of thioether (sulfide) groups is 1. The smallest absolute Gasteiger partial charge is 0.335 e. The Hall–Kier alpha value is -3.98. The normalized spacial score (nSPS) is 11.3. The summed E-state index contributed by atoms with van der Waals surface area (Å²) in [6, 6.07) is 18.0. The zero-order valence-electron chi connectivity index (χ0n) is 18.8. The lowest BCUT2D eigenvalue weighted by Crippen LogP contribution is -2.22. The maximum absolute atomic E-state index is 12.7. The molecule has 9 heteroatoms. The summed E-state index contributed by atoms with van der Waals surface area (Å²) in [6.45, 7) is 1.76. The number of amides is 2. The molecule has 0 bridgehead atoms. The minimum Gasteiger partial charge on any atom is -0.493 e. The van der Waals surface area contributed by atoms with Gasteiger partial charge in [0, 0.05) is 21.8 Å².